The maximum atomic E-state index is 11.6. The molecule has 1 aromatic carbocycles. The van der Waals surface area contributed by atoms with E-state index < -0.39 is 0 Å². The second-order valence-corrected chi connectivity index (χ2v) is 4.80. The van der Waals surface area contributed by atoms with Gasteiger partial charge in [-0.1, -0.05) is 62.9 Å². The van der Waals surface area contributed by atoms with E-state index in [1.165, 1.54) is 19.3 Å². The van der Waals surface area contributed by atoms with Gasteiger partial charge in [-0.05, 0) is 25.0 Å². The van der Waals surface area contributed by atoms with Crippen molar-refractivity contribution in [1.82, 2.24) is 0 Å². The molecule has 2 heteroatoms. The summed E-state index contributed by atoms with van der Waals surface area (Å²) >= 11 is 0. The highest BCUT2D eigenvalue weighted by Gasteiger charge is 2.03. The zero-order valence-corrected chi connectivity index (χ0v) is 12.0. The lowest BCUT2D eigenvalue weighted by molar-refractivity contribution is -0.139. The average Bonchev–Trinajstić information content (AvgIpc) is 2.39. The number of hydrogen-bond donors (Lipinski definition) is 0. The number of ether oxygens (including phenoxy) is 1. The van der Waals surface area contributed by atoms with Crippen LogP contribution < -0.4 is 0 Å². The van der Waals surface area contributed by atoms with E-state index >= 15 is 0 Å². The number of carbonyl (C=O) groups excluding carboxylic acids is 1. The summed E-state index contributed by atoms with van der Waals surface area (Å²) in [5.41, 5.74) is 1.05. The first-order chi connectivity index (χ1) is 9.22. The van der Waals surface area contributed by atoms with Gasteiger partial charge in [0.25, 0.3) is 0 Å². The van der Waals surface area contributed by atoms with Crippen LogP contribution in [0.1, 0.15) is 57.9 Å². The number of esters is 1. The van der Waals surface area contributed by atoms with E-state index in [1.807, 2.05) is 43.3 Å². The minimum absolute atomic E-state index is 0.124. The Bertz CT molecular complexity index is 393. The Morgan fingerprint density at radius 1 is 1.11 bits per heavy atom. The van der Waals surface area contributed by atoms with Crippen LogP contribution in [0.15, 0.2) is 36.1 Å². The fraction of sp³-hybridized carbons (Fsp3) is 0.471. The van der Waals surface area contributed by atoms with E-state index in [2.05, 4.69) is 6.92 Å². The molecule has 1 aromatic rings. The van der Waals surface area contributed by atoms with Gasteiger partial charge in [-0.25, -0.2) is 0 Å². The van der Waals surface area contributed by atoms with Crippen molar-refractivity contribution in [3.63, 3.8) is 0 Å². The first kappa shape index (κ1) is 15.5. The van der Waals surface area contributed by atoms with E-state index in [4.69, 9.17) is 4.74 Å². The molecule has 0 aromatic heterocycles. The molecule has 0 bridgehead atoms. The molecule has 104 valence electrons. The molecule has 2 nitrogen and oxygen atoms in total. The summed E-state index contributed by atoms with van der Waals surface area (Å²) in [4.78, 5) is 11.6. The molecule has 0 heterocycles. The highest BCUT2D eigenvalue weighted by Crippen LogP contribution is 2.10. The molecule has 0 fully saturated rings. The van der Waals surface area contributed by atoms with Gasteiger partial charge in [0.1, 0.15) is 5.76 Å². The van der Waals surface area contributed by atoms with E-state index in [-0.39, 0.29) is 5.97 Å². The Labute approximate surface area is 116 Å². The van der Waals surface area contributed by atoms with Crippen LogP contribution in [0.5, 0.6) is 0 Å². The molecule has 0 amide bonds. The van der Waals surface area contributed by atoms with Crippen molar-refractivity contribution in [3.8, 4) is 0 Å². The molecule has 0 saturated carbocycles. The monoisotopic (exact) mass is 260 g/mol. The van der Waals surface area contributed by atoms with Gasteiger partial charge in [-0.3, -0.25) is 4.79 Å². The lowest BCUT2D eigenvalue weighted by atomic mass is 10.1. The zero-order valence-electron chi connectivity index (χ0n) is 12.0. The maximum absolute atomic E-state index is 11.6. The van der Waals surface area contributed by atoms with Crippen LogP contribution in [0.25, 0.3) is 6.08 Å². The summed E-state index contributed by atoms with van der Waals surface area (Å²) < 4.78 is 5.28. The van der Waals surface area contributed by atoms with E-state index in [9.17, 15) is 4.79 Å². The Kier molecular flexibility index (Phi) is 7.64. The molecule has 0 aliphatic carbocycles. The highest BCUT2D eigenvalue weighted by molar-refractivity contribution is 5.71. The molecule has 0 saturated heterocycles. The summed E-state index contributed by atoms with van der Waals surface area (Å²) in [5, 5.41) is 0. The fourth-order valence-corrected chi connectivity index (χ4v) is 1.92. The average molecular weight is 260 g/mol. The second kappa shape index (κ2) is 9.37. The third-order valence-electron chi connectivity index (χ3n) is 2.93. The summed E-state index contributed by atoms with van der Waals surface area (Å²) in [6.07, 6.45) is 8.13. The minimum Gasteiger partial charge on any atom is -0.431 e. The van der Waals surface area contributed by atoms with Gasteiger partial charge in [-0.2, -0.15) is 0 Å². The largest absolute Gasteiger partial charge is 0.431 e. The number of rotatable bonds is 8. The molecule has 0 aliphatic rings. The molecule has 0 unspecified atom stereocenters. The summed E-state index contributed by atoms with van der Waals surface area (Å²) in [6.45, 7) is 4.01. The standard InChI is InChI=1S/C17H24O2/c1-3-4-5-6-10-13-17(18)19-15(2)14-16-11-8-7-9-12-16/h7-9,11-12,14H,3-6,10,13H2,1-2H3. The van der Waals surface area contributed by atoms with Gasteiger partial charge >= 0.3 is 5.97 Å². The van der Waals surface area contributed by atoms with Crippen molar-refractivity contribution >= 4 is 12.0 Å². The predicted molar refractivity (Wildman–Crippen MR) is 79.6 cm³/mol. The van der Waals surface area contributed by atoms with Gasteiger partial charge in [0.2, 0.25) is 0 Å². The van der Waals surface area contributed by atoms with Gasteiger partial charge in [0, 0.05) is 6.42 Å². The molecule has 0 atom stereocenters. The third kappa shape index (κ3) is 7.45. The lowest BCUT2D eigenvalue weighted by Crippen LogP contribution is -2.02. The summed E-state index contributed by atoms with van der Waals surface area (Å²) in [7, 11) is 0. The first-order valence-electron chi connectivity index (χ1n) is 7.16. The summed E-state index contributed by atoms with van der Waals surface area (Å²) in [6, 6.07) is 9.88. The van der Waals surface area contributed by atoms with Crippen molar-refractivity contribution in [1.29, 1.82) is 0 Å². The van der Waals surface area contributed by atoms with Crippen molar-refractivity contribution in [2.75, 3.05) is 0 Å². The van der Waals surface area contributed by atoms with Gasteiger partial charge < -0.3 is 4.74 Å². The fourth-order valence-electron chi connectivity index (χ4n) is 1.92. The molecule has 1 rings (SSSR count). The second-order valence-electron chi connectivity index (χ2n) is 4.80. The molecule has 0 radical (unpaired) electrons. The van der Waals surface area contributed by atoms with Crippen LogP contribution >= 0.6 is 0 Å². The van der Waals surface area contributed by atoms with Gasteiger partial charge in [-0.15, -0.1) is 0 Å². The quantitative estimate of drug-likeness (QED) is 0.375. The number of allylic oxidation sites excluding steroid dienone is 1. The molecular formula is C17H24O2. The normalized spacial score (nSPS) is 11.4. The first-order valence-corrected chi connectivity index (χ1v) is 7.16. The number of carbonyl (C=O) groups is 1. The number of hydrogen-bond acceptors (Lipinski definition) is 2. The van der Waals surface area contributed by atoms with E-state index in [1.54, 1.807) is 0 Å². The topological polar surface area (TPSA) is 26.3 Å². The third-order valence-corrected chi connectivity index (χ3v) is 2.93. The lowest BCUT2D eigenvalue weighted by Gasteiger charge is -2.04. The number of unbranched alkanes of at least 4 members (excludes halogenated alkanes) is 4. The van der Waals surface area contributed by atoms with Crippen molar-refractivity contribution in [2.24, 2.45) is 0 Å². The highest BCUT2D eigenvalue weighted by atomic mass is 16.5. The Morgan fingerprint density at radius 3 is 2.47 bits per heavy atom. The van der Waals surface area contributed by atoms with Crippen LogP contribution in [0, 0.1) is 0 Å². The Balaban J connectivity index is 2.26. The van der Waals surface area contributed by atoms with E-state index in [0.29, 0.717) is 12.2 Å². The van der Waals surface area contributed by atoms with Crippen LogP contribution in [0.2, 0.25) is 0 Å². The number of benzene rings is 1. The molecule has 0 aliphatic heterocycles. The summed E-state index contributed by atoms with van der Waals surface area (Å²) in [5.74, 6) is 0.533. The molecule has 19 heavy (non-hydrogen) atoms. The SMILES string of the molecule is CCCCCCCC(=O)OC(C)=Cc1ccccc1. The van der Waals surface area contributed by atoms with E-state index in [0.717, 1.165) is 18.4 Å². The van der Waals surface area contributed by atoms with Crippen molar-refractivity contribution < 1.29 is 9.53 Å². The van der Waals surface area contributed by atoms with Crippen LogP contribution in [0.4, 0.5) is 0 Å². The Morgan fingerprint density at radius 2 is 1.79 bits per heavy atom. The van der Waals surface area contributed by atoms with Crippen molar-refractivity contribution in [3.05, 3.63) is 41.7 Å². The molecular weight excluding hydrogens is 236 g/mol. The van der Waals surface area contributed by atoms with Crippen molar-refractivity contribution in [2.45, 2.75) is 52.4 Å². The minimum atomic E-state index is -0.124. The smallest absolute Gasteiger partial charge is 0.310 e. The van der Waals surface area contributed by atoms with Crippen LogP contribution in [0.3, 0.4) is 0 Å². The predicted octanol–water partition coefficient (Wildman–Crippen LogP) is 4.95. The van der Waals surface area contributed by atoms with Crippen LogP contribution in [-0.2, 0) is 9.53 Å². The van der Waals surface area contributed by atoms with Gasteiger partial charge in [0.15, 0.2) is 0 Å². The molecule has 0 N–H and O–H groups in total. The van der Waals surface area contributed by atoms with Crippen LogP contribution in [-0.4, -0.2) is 5.97 Å². The molecule has 0 spiro atoms. The maximum Gasteiger partial charge on any atom is 0.310 e. The Hall–Kier alpha value is -1.57. The van der Waals surface area contributed by atoms with Gasteiger partial charge in [0.05, 0.1) is 0 Å². The zero-order chi connectivity index (χ0) is 13.9.